The van der Waals surface area contributed by atoms with Crippen molar-refractivity contribution in [3.63, 3.8) is 0 Å². The van der Waals surface area contributed by atoms with Crippen LogP contribution in [-0.4, -0.2) is 42.3 Å². The van der Waals surface area contributed by atoms with Gasteiger partial charge in [-0.25, -0.2) is 9.67 Å². The average Bonchev–Trinajstić information content (AvgIpc) is 3.33. The van der Waals surface area contributed by atoms with Crippen LogP contribution in [0, 0.1) is 10.1 Å². The maximum atomic E-state index is 13.0. The van der Waals surface area contributed by atoms with Gasteiger partial charge < -0.3 is 5.32 Å². The minimum atomic E-state index is -0.539. The first-order chi connectivity index (χ1) is 14.4. The summed E-state index contributed by atoms with van der Waals surface area (Å²) < 4.78 is 3.33. The molecule has 0 saturated carbocycles. The van der Waals surface area contributed by atoms with E-state index in [1.54, 1.807) is 24.9 Å². The number of thioether (sulfide) groups is 1. The van der Waals surface area contributed by atoms with E-state index in [1.807, 2.05) is 18.4 Å². The number of rotatable bonds is 6. The maximum Gasteiger partial charge on any atom is 0.270 e. The third kappa shape index (κ3) is 4.13. The van der Waals surface area contributed by atoms with E-state index in [-0.39, 0.29) is 11.3 Å². The van der Waals surface area contributed by atoms with Crippen molar-refractivity contribution in [3.8, 4) is 0 Å². The highest BCUT2D eigenvalue weighted by molar-refractivity contribution is 8.00. The fourth-order valence-electron chi connectivity index (χ4n) is 2.57. The van der Waals surface area contributed by atoms with Gasteiger partial charge in [-0.1, -0.05) is 11.8 Å². The van der Waals surface area contributed by atoms with Gasteiger partial charge in [0.25, 0.3) is 11.6 Å². The van der Waals surface area contributed by atoms with Crippen LogP contribution in [0.4, 0.5) is 11.4 Å². The Kier molecular flexibility index (Phi) is 5.65. The molecule has 0 fully saturated rings. The number of non-ortho nitro benzene ring substituents is 1. The van der Waals surface area contributed by atoms with Crippen molar-refractivity contribution >= 4 is 62.4 Å². The van der Waals surface area contributed by atoms with E-state index < -0.39 is 10.8 Å². The summed E-state index contributed by atoms with van der Waals surface area (Å²) in [5.41, 5.74) is 1.41. The van der Waals surface area contributed by atoms with E-state index in [4.69, 9.17) is 0 Å². The van der Waals surface area contributed by atoms with E-state index in [2.05, 4.69) is 25.8 Å². The third-order valence-corrected chi connectivity index (χ3v) is 7.11. The number of fused-ring (bicyclic) bond motifs is 1. The molecule has 2 aromatic heterocycles. The van der Waals surface area contributed by atoms with Gasteiger partial charge in [0.05, 0.1) is 20.7 Å². The summed E-state index contributed by atoms with van der Waals surface area (Å²) in [4.78, 5) is 28.6. The molecule has 30 heavy (non-hydrogen) atoms. The van der Waals surface area contributed by atoms with E-state index in [0.29, 0.717) is 15.7 Å². The van der Waals surface area contributed by atoms with Crippen LogP contribution in [0.15, 0.2) is 50.8 Å². The lowest BCUT2D eigenvalue weighted by Gasteiger charge is -2.09. The number of benzene rings is 2. The quantitative estimate of drug-likeness (QED) is 0.259. The van der Waals surface area contributed by atoms with Gasteiger partial charge in [0.2, 0.25) is 5.16 Å². The van der Waals surface area contributed by atoms with Crippen LogP contribution in [0.25, 0.3) is 10.2 Å². The maximum absolute atomic E-state index is 13.0. The predicted octanol–water partition coefficient (Wildman–Crippen LogP) is 3.85. The van der Waals surface area contributed by atoms with Gasteiger partial charge >= 0.3 is 0 Å². The number of aromatic nitrogens is 5. The highest BCUT2D eigenvalue weighted by atomic mass is 32.2. The first kappa shape index (κ1) is 20.3. The number of nitro groups is 1. The molecule has 1 N–H and O–H groups in total. The lowest BCUT2D eigenvalue weighted by Crippen LogP contribution is -2.13. The van der Waals surface area contributed by atoms with Crippen LogP contribution >= 0.6 is 34.9 Å². The first-order valence-corrected chi connectivity index (χ1v) is 11.2. The van der Waals surface area contributed by atoms with Crippen molar-refractivity contribution in [1.29, 1.82) is 0 Å². The second kappa shape index (κ2) is 8.38. The molecule has 0 radical (unpaired) electrons. The van der Waals surface area contributed by atoms with E-state index in [9.17, 15) is 14.9 Å². The minimum absolute atomic E-state index is 0.159. The normalized spacial score (nSPS) is 11.0. The fraction of sp³-hybridized carbons (Fsp3) is 0.118. The molecule has 0 atom stereocenters. The summed E-state index contributed by atoms with van der Waals surface area (Å²) >= 11 is 4.23. The lowest BCUT2D eigenvalue weighted by molar-refractivity contribution is -0.384. The molecule has 1 amide bonds. The van der Waals surface area contributed by atoms with Gasteiger partial charge in [-0.3, -0.25) is 14.9 Å². The molecule has 0 spiro atoms. The molecular weight excluding hydrogens is 446 g/mol. The van der Waals surface area contributed by atoms with Crippen molar-refractivity contribution in [3.05, 3.63) is 52.1 Å². The first-order valence-electron chi connectivity index (χ1n) is 8.39. The van der Waals surface area contributed by atoms with E-state index in [1.165, 1.54) is 34.2 Å². The number of thiazole rings is 1. The molecule has 10 nitrogen and oxygen atoms in total. The molecule has 0 aliphatic rings. The summed E-state index contributed by atoms with van der Waals surface area (Å²) in [5, 5.41) is 25.7. The Balaban J connectivity index is 1.66. The summed E-state index contributed by atoms with van der Waals surface area (Å²) in [6.45, 7) is 0. The Morgan fingerprint density at radius 3 is 2.80 bits per heavy atom. The molecule has 4 aromatic rings. The molecule has 4 rings (SSSR count). The van der Waals surface area contributed by atoms with Crippen molar-refractivity contribution < 1.29 is 9.72 Å². The zero-order valence-corrected chi connectivity index (χ0v) is 18.0. The smallest absolute Gasteiger partial charge is 0.270 e. The number of anilines is 1. The van der Waals surface area contributed by atoms with E-state index in [0.717, 1.165) is 26.3 Å². The van der Waals surface area contributed by atoms with Crippen LogP contribution in [0.5, 0.6) is 0 Å². The lowest BCUT2D eigenvalue weighted by atomic mass is 10.2. The molecule has 2 heterocycles. The number of amides is 1. The molecule has 0 bridgehead atoms. The Morgan fingerprint density at radius 2 is 2.10 bits per heavy atom. The van der Waals surface area contributed by atoms with Gasteiger partial charge in [-0.15, -0.1) is 16.4 Å². The van der Waals surface area contributed by atoms with Crippen molar-refractivity contribution in [2.45, 2.75) is 14.4 Å². The summed E-state index contributed by atoms with van der Waals surface area (Å²) in [7, 11) is 1.67. The number of carbonyl (C=O) groups excluding carboxylic acids is 1. The van der Waals surface area contributed by atoms with E-state index >= 15 is 0 Å². The van der Waals surface area contributed by atoms with Gasteiger partial charge in [0.1, 0.15) is 0 Å². The summed E-state index contributed by atoms with van der Waals surface area (Å²) in [6.07, 6.45) is 1.95. The zero-order valence-electron chi connectivity index (χ0n) is 15.6. The number of nitro benzene ring substituents is 1. The Hall–Kier alpha value is -3.03. The minimum Gasteiger partial charge on any atom is -0.322 e. The largest absolute Gasteiger partial charge is 0.322 e. The molecule has 0 aliphatic heterocycles. The predicted molar refractivity (Wildman–Crippen MR) is 115 cm³/mol. The fourth-order valence-corrected chi connectivity index (χ4v) is 4.94. The highest BCUT2D eigenvalue weighted by Gasteiger charge is 2.20. The highest BCUT2D eigenvalue weighted by Crippen LogP contribution is 2.33. The van der Waals surface area contributed by atoms with Gasteiger partial charge in [0, 0.05) is 29.8 Å². The molecule has 152 valence electrons. The SMILES string of the molecule is CSc1nc2ccc(NC(=O)c3cc([N+](=O)[O-])ccc3Sc3nnnn3C)cc2s1. The number of nitrogens with one attached hydrogen (secondary N) is 1. The Bertz CT molecular complexity index is 1270. The standard InChI is InChI=1S/C17H13N7O3S3/c1-23-16(20-21-22-23)29-13-6-4-10(24(26)27)8-11(13)15(25)18-9-3-5-12-14(7-9)30-17(19-12)28-2/h3-8H,1-2H3,(H,18,25). The number of hydrogen-bond donors (Lipinski definition) is 1. The molecule has 0 saturated heterocycles. The monoisotopic (exact) mass is 459 g/mol. The van der Waals surface area contributed by atoms with Crippen LogP contribution in [0.1, 0.15) is 10.4 Å². The number of hydrogen-bond acceptors (Lipinski definition) is 10. The average molecular weight is 460 g/mol. The molecule has 0 aliphatic carbocycles. The third-order valence-electron chi connectivity index (χ3n) is 4.00. The second-order valence-electron chi connectivity index (χ2n) is 5.95. The number of carbonyl (C=O) groups is 1. The number of tetrazole rings is 1. The van der Waals surface area contributed by atoms with Gasteiger partial charge in [-0.2, -0.15) is 0 Å². The van der Waals surface area contributed by atoms with Crippen molar-refractivity contribution in [2.75, 3.05) is 11.6 Å². The number of nitrogens with zero attached hydrogens (tertiary/aromatic N) is 6. The topological polar surface area (TPSA) is 129 Å². The van der Waals surface area contributed by atoms with Crippen LogP contribution in [0.3, 0.4) is 0 Å². The molecular formula is C17H13N7O3S3. The van der Waals surface area contributed by atoms with Crippen LogP contribution in [0.2, 0.25) is 0 Å². The van der Waals surface area contributed by atoms with Gasteiger partial charge in [0.15, 0.2) is 4.34 Å². The molecule has 0 unspecified atom stereocenters. The van der Waals surface area contributed by atoms with Crippen molar-refractivity contribution in [2.24, 2.45) is 7.05 Å². The summed E-state index contributed by atoms with van der Waals surface area (Å²) in [6, 6.07) is 9.52. The van der Waals surface area contributed by atoms with Crippen LogP contribution < -0.4 is 5.32 Å². The zero-order chi connectivity index (χ0) is 21.3. The Labute approximate surface area is 182 Å². The molecule has 2 aromatic carbocycles. The van der Waals surface area contributed by atoms with Gasteiger partial charge in [-0.05, 0) is 52.7 Å². The Morgan fingerprint density at radius 1 is 1.27 bits per heavy atom. The number of aryl methyl sites for hydroxylation is 1. The van der Waals surface area contributed by atoms with Crippen molar-refractivity contribution in [1.82, 2.24) is 25.2 Å². The molecule has 13 heteroatoms. The second-order valence-corrected chi connectivity index (χ2v) is 9.04. The summed E-state index contributed by atoms with van der Waals surface area (Å²) in [5.74, 6) is -0.467. The van der Waals surface area contributed by atoms with Crippen LogP contribution in [-0.2, 0) is 7.05 Å².